The van der Waals surface area contributed by atoms with E-state index in [1.54, 1.807) is 54.9 Å². The van der Waals surface area contributed by atoms with Crippen LogP contribution in [0.2, 0.25) is 0 Å². The van der Waals surface area contributed by atoms with Crippen molar-refractivity contribution in [3.8, 4) is 22.8 Å². The maximum Gasteiger partial charge on any atom is 0.228 e. The molecule has 0 fully saturated rings. The molecule has 1 aromatic carbocycles. The number of carbonyl (C=O) groups is 2. The van der Waals surface area contributed by atoms with Crippen LogP contribution in [-0.4, -0.2) is 37.2 Å². The van der Waals surface area contributed by atoms with E-state index in [2.05, 4.69) is 24.9 Å². The van der Waals surface area contributed by atoms with Gasteiger partial charge in [0, 0.05) is 12.4 Å². The molecule has 1 aliphatic carbocycles. The van der Waals surface area contributed by atoms with Crippen LogP contribution in [0.15, 0.2) is 78.0 Å². The van der Waals surface area contributed by atoms with Gasteiger partial charge in [0.15, 0.2) is 5.78 Å². The van der Waals surface area contributed by atoms with Gasteiger partial charge in [0.2, 0.25) is 5.78 Å². The van der Waals surface area contributed by atoms with Crippen LogP contribution >= 0.6 is 0 Å². The van der Waals surface area contributed by atoms with E-state index in [9.17, 15) is 14.0 Å². The lowest BCUT2D eigenvalue weighted by atomic mass is 9.94. The zero-order valence-corrected chi connectivity index (χ0v) is 16.6. The first-order valence-electron chi connectivity index (χ1n) is 9.76. The molecule has 0 unspecified atom stereocenters. The van der Waals surface area contributed by atoms with Gasteiger partial charge in [-0.2, -0.15) is 0 Å². The molecule has 0 amide bonds. The third-order valence-electron chi connectivity index (χ3n) is 4.85. The van der Waals surface area contributed by atoms with Crippen molar-refractivity contribution >= 4 is 23.0 Å². The smallest absolute Gasteiger partial charge is 0.228 e. The molecule has 5 rings (SSSR count). The van der Waals surface area contributed by atoms with Crippen LogP contribution < -0.4 is 0 Å². The summed E-state index contributed by atoms with van der Waals surface area (Å²) in [7, 11) is 0. The number of benzene rings is 1. The number of rotatable bonds is 3. The second-order valence-corrected chi connectivity index (χ2v) is 7.02. The summed E-state index contributed by atoms with van der Waals surface area (Å²) >= 11 is 0. The third kappa shape index (κ3) is 3.58. The maximum absolute atomic E-state index is 13.5. The predicted molar refractivity (Wildman–Crippen MR) is 115 cm³/mol. The summed E-state index contributed by atoms with van der Waals surface area (Å²) in [6.07, 6.45) is 2.96. The number of halogens is 1. The Hall–Kier alpha value is -4.46. The molecule has 32 heavy (non-hydrogen) atoms. The molecule has 4 aromatic rings. The number of hydrogen-bond acceptors (Lipinski definition) is 7. The first-order valence-corrected chi connectivity index (χ1v) is 9.76. The fourth-order valence-corrected chi connectivity index (χ4v) is 3.40. The molecular weight excluding hydrogens is 409 g/mol. The minimum absolute atomic E-state index is 0.0139. The van der Waals surface area contributed by atoms with Gasteiger partial charge < -0.3 is 0 Å². The second-order valence-electron chi connectivity index (χ2n) is 7.02. The first-order chi connectivity index (χ1) is 15.6. The van der Waals surface area contributed by atoms with E-state index in [0.717, 1.165) is 0 Å². The number of aliphatic imine (C=N–C) groups is 1. The van der Waals surface area contributed by atoms with Gasteiger partial charge in [-0.15, -0.1) is 0 Å². The molecule has 0 spiro atoms. The molecule has 1 aliphatic rings. The van der Waals surface area contributed by atoms with E-state index in [0.29, 0.717) is 22.8 Å². The van der Waals surface area contributed by atoms with E-state index >= 15 is 0 Å². The Bertz CT molecular complexity index is 1390. The lowest BCUT2D eigenvalue weighted by Crippen LogP contribution is -2.30. The van der Waals surface area contributed by atoms with Crippen molar-refractivity contribution in [1.82, 2.24) is 19.9 Å². The number of carbonyl (C=O) groups excluding carboxylic acids is 2. The van der Waals surface area contributed by atoms with Crippen LogP contribution in [0.5, 0.6) is 0 Å². The monoisotopic (exact) mass is 423 g/mol. The molecule has 3 aromatic heterocycles. The highest BCUT2D eigenvalue weighted by atomic mass is 19.1. The summed E-state index contributed by atoms with van der Waals surface area (Å²) in [4.78, 5) is 47.9. The number of Topliss-reactive ketones (excluding diaryl/α,β-unsaturated/α-hetero) is 2. The predicted octanol–water partition coefficient (Wildman–Crippen LogP) is 4.28. The molecule has 0 atom stereocenters. The normalized spacial score (nSPS) is 14.5. The van der Waals surface area contributed by atoms with Gasteiger partial charge in [0.1, 0.15) is 28.6 Å². The molecule has 0 bridgehead atoms. The van der Waals surface area contributed by atoms with Gasteiger partial charge >= 0.3 is 0 Å². The van der Waals surface area contributed by atoms with Crippen LogP contribution in [-0.2, 0) is 0 Å². The maximum atomic E-state index is 13.5. The number of fused-ring (bicyclic) bond motifs is 1. The van der Waals surface area contributed by atoms with E-state index < -0.39 is 17.4 Å². The van der Waals surface area contributed by atoms with Crippen molar-refractivity contribution in [2.24, 2.45) is 4.99 Å². The Morgan fingerprint density at radius 2 is 1.41 bits per heavy atom. The molecule has 0 aliphatic heterocycles. The Morgan fingerprint density at radius 1 is 0.750 bits per heavy atom. The van der Waals surface area contributed by atoms with Gasteiger partial charge in [-0.1, -0.05) is 18.2 Å². The van der Waals surface area contributed by atoms with Crippen molar-refractivity contribution in [3.05, 3.63) is 90.3 Å². The average Bonchev–Trinajstić information content (AvgIpc) is 2.83. The van der Waals surface area contributed by atoms with Crippen molar-refractivity contribution in [2.45, 2.75) is 6.42 Å². The van der Waals surface area contributed by atoms with E-state index in [1.807, 2.05) is 0 Å². The minimum atomic E-state index is -0.527. The van der Waals surface area contributed by atoms with Crippen molar-refractivity contribution < 1.29 is 14.0 Å². The Balaban J connectivity index is 1.69. The summed E-state index contributed by atoms with van der Waals surface area (Å²) in [6.45, 7) is 0. The standard InChI is InChI=1S/C24H14FN5O2/c25-14-6-5-7-15(12-14)28-18-13-19(31)22-23(24(18)32)30-21(17-9-2-4-11-27-17)20(29-22)16-8-1-3-10-26-16/h1-12H,13H2. The number of pyridine rings is 2. The molecule has 7 nitrogen and oxygen atoms in total. The lowest BCUT2D eigenvalue weighted by molar-refractivity contribution is 0.0957. The minimum Gasteiger partial charge on any atom is -0.292 e. The van der Waals surface area contributed by atoms with Crippen LogP contribution in [0.25, 0.3) is 22.8 Å². The summed E-state index contributed by atoms with van der Waals surface area (Å²) in [5, 5.41) is 0. The molecule has 0 saturated heterocycles. The van der Waals surface area contributed by atoms with Crippen LogP contribution in [0, 0.1) is 5.82 Å². The van der Waals surface area contributed by atoms with Crippen molar-refractivity contribution in [1.29, 1.82) is 0 Å². The number of hydrogen-bond donors (Lipinski definition) is 0. The quantitative estimate of drug-likeness (QED) is 0.488. The molecule has 0 N–H and O–H groups in total. The Labute approximate surface area is 181 Å². The highest BCUT2D eigenvalue weighted by Crippen LogP contribution is 2.30. The van der Waals surface area contributed by atoms with Gasteiger partial charge in [0.25, 0.3) is 0 Å². The van der Waals surface area contributed by atoms with Gasteiger partial charge in [-0.3, -0.25) is 19.6 Å². The van der Waals surface area contributed by atoms with Crippen LogP contribution in [0.1, 0.15) is 27.4 Å². The second kappa shape index (κ2) is 7.99. The average molecular weight is 423 g/mol. The highest BCUT2D eigenvalue weighted by Gasteiger charge is 2.34. The fraction of sp³-hybridized carbons (Fsp3) is 0.0417. The zero-order chi connectivity index (χ0) is 22.1. The van der Waals surface area contributed by atoms with Crippen LogP contribution in [0.4, 0.5) is 10.1 Å². The van der Waals surface area contributed by atoms with Crippen molar-refractivity contribution in [3.63, 3.8) is 0 Å². The fourth-order valence-electron chi connectivity index (χ4n) is 3.40. The third-order valence-corrected chi connectivity index (χ3v) is 4.85. The number of nitrogens with zero attached hydrogens (tertiary/aromatic N) is 5. The summed E-state index contributed by atoms with van der Waals surface area (Å²) in [5.41, 5.74) is 1.77. The summed E-state index contributed by atoms with van der Waals surface area (Å²) in [5.74, 6) is -1.41. The van der Waals surface area contributed by atoms with Crippen molar-refractivity contribution in [2.75, 3.05) is 0 Å². The van der Waals surface area contributed by atoms with Gasteiger partial charge in [0.05, 0.1) is 29.2 Å². The number of aromatic nitrogens is 4. The van der Waals surface area contributed by atoms with E-state index in [1.165, 1.54) is 18.2 Å². The Kier molecular flexibility index (Phi) is 4.87. The molecule has 0 radical (unpaired) electrons. The largest absolute Gasteiger partial charge is 0.292 e. The number of ketones is 2. The van der Waals surface area contributed by atoms with E-state index in [-0.39, 0.29) is 29.2 Å². The molecule has 154 valence electrons. The summed E-state index contributed by atoms with van der Waals surface area (Å²) < 4.78 is 13.5. The topological polar surface area (TPSA) is 98.1 Å². The van der Waals surface area contributed by atoms with Gasteiger partial charge in [-0.25, -0.2) is 19.4 Å². The Morgan fingerprint density at radius 3 is 2.00 bits per heavy atom. The molecule has 8 heteroatoms. The molecule has 3 heterocycles. The first kappa shape index (κ1) is 19.5. The molecule has 0 saturated carbocycles. The summed E-state index contributed by atoms with van der Waals surface area (Å²) in [6, 6.07) is 16.1. The van der Waals surface area contributed by atoms with Gasteiger partial charge in [-0.05, 0) is 42.5 Å². The molecular formula is C24H14FN5O2. The van der Waals surface area contributed by atoms with Crippen LogP contribution in [0.3, 0.4) is 0 Å². The van der Waals surface area contributed by atoms with E-state index in [4.69, 9.17) is 0 Å². The SMILES string of the molecule is O=C1CC(=Nc2cccc(F)c2)C(=O)c2nc(-c3ccccn3)c(-c3ccccn3)nc21. The highest BCUT2D eigenvalue weighted by molar-refractivity contribution is 6.52. The zero-order valence-electron chi connectivity index (χ0n) is 16.6. The lowest BCUT2D eigenvalue weighted by Gasteiger charge is -2.17.